The first-order chi connectivity index (χ1) is 14.4. The molecule has 1 aliphatic rings. The number of amides is 1. The molecule has 1 aromatic carbocycles. The Hall–Kier alpha value is -3.21. The van der Waals surface area contributed by atoms with E-state index in [1.165, 1.54) is 17.0 Å². The van der Waals surface area contributed by atoms with Crippen LogP contribution < -0.4 is 15.7 Å². The summed E-state index contributed by atoms with van der Waals surface area (Å²) in [5.41, 5.74) is 0.943. The van der Waals surface area contributed by atoms with E-state index >= 15 is 0 Å². The molecule has 0 radical (unpaired) electrons. The lowest BCUT2D eigenvalue weighted by molar-refractivity contribution is -0.116. The van der Waals surface area contributed by atoms with Crippen LogP contribution in [-0.2, 0) is 21.2 Å². The van der Waals surface area contributed by atoms with E-state index in [4.69, 9.17) is 4.74 Å². The minimum atomic E-state index is -3.09. The Balaban J connectivity index is 1.56. The summed E-state index contributed by atoms with van der Waals surface area (Å²) in [5.74, 6) is 0.409. The summed E-state index contributed by atoms with van der Waals surface area (Å²) in [6, 6.07) is 6.60. The maximum atomic E-state index is 12.5. The van der Waals surface area contributed by atoms with Gasteiger partial charge in [0.2, 0.25) is 5.91 Å². The van der Waals surface area contributed by atoms with Gasteiger partial charge in [-0.1, -0.05) is 0 Å². The van der Waals surface area contributed by atoms with E-state index in [1.54, 1.807) is 28.9 Å². The Morgan fingerprint density at radius 3 is 2.67 bits per heavy atom. The number of aromatic nitrogens is 4. The van der Waals surface area contributed by atoms with E-state index in [0.717, 1.165) is 0 Å². The van der Waals surface area contributed by atoms with E-state index in [0.29, 0.717) is 35.5 Å². The Kier molecular flexibility index (Phi) is 5.29. The van der Waals surface area contributed by atoms with Crippen LogP contribution >= 0.6 is 0 Å². The summed E-state index contributed by atoms with van der Waals surface area (Å²) in [6.45, 7) is 2.19. The van der Waals surface area contributed by atoms with Crippen molar-refractivity contribution in [3.8, 4) is 5.75 Å². The molecule has 1 saturated heterocycles. The third kappa shape index (κ3) is 4.06. The van der Waals surface area contributed by atoms with Crippen LogP contribution in [0.15, 0.2) is 41.5 Å². The van der Waals surface area contributed by atoms with Crippen LogP contribution in [0.4, 0.5) is 5.69 Å². The van der Waals surface area contributed by atoms with Crippen molar-refractivity contribution in [2.24, 2.45) is 0 Å². The van der Waals surface area contributed by atoms with Gasteiger partial charge in [-0.15, -0.1) is 0 Å². The molecule has 158 valence electrons. The highest BCUT2D eigenvalue weighted by molar-refractivity contribution is 7.91. The predicted molar refractivity (Wildman–Crippen MR) is 110 cm³/mol. The minimum absolute atomic E-state index is 0.00112. The molecule has 4 rings (SSSR count). The van der Waals surface area contributed by atoms with E-state index < -0.39 is 21.4 Å². The van der Waals surface area contributed by atoms with Crippen molar-refractivity contribution in [2.75, 3.05) is 23.4 Å². The van der Waals surface area contributed by atoms with Gasteiger partial charge < -0.3 is 10.1 Å². The number of hydrogen-bond acceptors (Lipinski definition) is 7. The van der Waals surface area contributed by atoms with Crippen LogP contribution in [0.2, 0.25) is 0 Å². The Bertz CT molecular complexity index is 1250. The summed E-state index contributed by atoms with van der Waals surface area (Å²) in [7, 11) is -3.09. The number of hydrogen-bond donors (Lipinski definition) is 1. The molecule has 1 fully saturated rings. The lowest BCUT2D eigenvalue weighted by atomic mass is 10.2. The highest BCUT2D eigenvalue weighted by Crippen LogP contribution is 2.26. The molecule has 1 atom stereocenters. The van der Waals surface area contributed by atoms with Crippen LogP contribution in [-0.4, -0.2) is 51.8 Å². The SMILES string of the molecule is CCOc1ccc(NC(=O)Cn2c(=O)ncc3c2cnn3[C@H]2CCS(=O)(=O)C2)cc1. The number of anilines is 1. The van der Waals surface area contributed by atoms with Crippen LogP contribution in [0.3, 0.4) is 0 Å². The van der Waals surface area contributed by atoms with E-state index in [-0.39, 0.29) is 24.1 Å². The van der Waals surface area contributed by atoms with Gasteiger partial charge in [-0.05, 0) is 37.6 Å². The number of nitrogens with one attached hydrogen (secondary N) is 1. The van der Waals surface area contributed by atoms with Gasteiger partial charge in [0.1, 0.15) is 17.8 Å². The molecule has 2 aromatic heterocycles. The zero-order valence-corrected chi connectivity index (χ0v) is 17.1. The summed E-state index contributed by atoms with van der Waals surface area (Å²) in [6.07, 6.45) is 3.29. The maximum absolute atomic E-state index is 12.5. The van der Waals surface area contributed by atoms with Crippen molar-refractivity contribution in [3.63, 3.8) is 0 Å². The lowest BCUT2D eigenvalue weighted by Crippen LogP contribution is -2.29. The summed E-state index contributed by atoms with van der Waals surface area (Å²) >= 11 is 0. The first kappa shape index (κ1) is 20.1. The van der Waals surface area contributed by atoms with Crippen LogP contribution in [0.25, 0.3) is 11.0 Å². The van der Waals surface area contributed by atoms with Gasteiger partial charge in [-0.25, -0.2) is 13.2 Å². The Morgan fingerprint density at radius 1 is 1.23 bits per heavy atom. The molecule has 3 heterocycles. The third-order valence-electron chi connectivity index (χ3n) is 4.94. The predicted octanol–water partition coefficient (Wildman–Crippen LogP) is 0.990. The molecule has 1 amide bonds. The fraction of sp³-hybridized carbons (Fsp3) is 0.368. The largest absolute Gasteiger partial charge is 0.494 e. The average molecular weight is 431 g/mol. The number of fused-ring (bicyclic) bond motifs is 1. The van der Waals surface area contributed by atoms with Crippen LogP contribution in [0, 0.1) is 0 Å². The van der Waals surface area contributed by atoms with Gasteiger partial charge >= 0.3 is 5.69 Å². The molecule has 0 unspecified atom stereocenters. The Morgan fingerprint density at radius 2 is 2.00 bits per heavy atom. The molecular formula is C19H21N5O5S. The number of ether oxygens (including phenoxy) is 1. The molecule has 10 nitrogen and oxygen atoms in total. The van der Waals surface area contributed by atoms with Gasteiger partial charge in [-0.2, -0.15) is 10.1 Å². The van der Waals surface area contributed by atoms with Gasteiger partial charge in [-0.3, -0.25) is 14.0 Å². The lowest BCUT2D eigenvalue weighted by Gasteiger charge is -2.11. The average Bonchev–Trinajstić information content (AvgIpc) is 3.28. The minimum Gasteiger partial charge on any atom is -0.494 e. The molecule has 0 saturated carbocycles. The molecule has 30 heavy (non-hydrogen) atoms. The first-order valence-electron chi connectivity index (χ1n) is 9.52. The fourth-order valence-electron chi connectivity index (χ4n) is 3.54. The van der Waals surface area contributed by atoms with Crippen LogP contribution in [0.5, 0.6) is 5.75 Å². The second-order valence-corrected chi connectivity index (χ2v) is 9.28. The fourth-order valence-corrected chi connectivity index (χ4v) is 5.23. The Labute approximate surface area is 172 Å². The van der Waals surface area contributed by atoms with Crippen molar-refractivity contribution in [2.45, 2.75) is 25.9 Å². The third-order valence-corrected chi connectivity index (χ3v) is 6.69. The number of sulfone groups is 1. The summed E-state index contributed by atoms with van der Waals surface area (Å²) < 4.78 is 31.8. The van der Waals surface area contributed by atoms with Crippen molar-refractivity contribution in [1.29, 1.82) is 0 Å². The topological polar surface area (TPSA) is 125 Å². The maximum Gasteiger partial charge on any atom is 0.348 e. The molecule has 11 heteroatoms. The van der Waals surface area contributed by atoms with Crippen molar-refractivity contribution < 1.29 is 17.9 Å². The van der Waals surface area contributed by atoms with Crippen molar-refractivity contribution in [1.82, 2.24) is 19.3 Å². The number of carbonyl (C=O) groups is 1. The second-order valence-electron chi connectivity index (χ2n) is 7.05. The zero-order valence-electron chi connectivity index (χ0n) is 16.3. The molecule has 0 aliphatic carbocycles. The standard InChI is InChI=1S/C19H21N5O5S/c1-2-29-15-5-3-13(4-6-15)22-18(25)11-23-16-10-21-24(17(16)9-20-19(23)26)14-7-8-30(27,28)12-14/h3-6,9-10,14H,2,7-8,11-12H2,1H3,(H,22,25)/t14-/m0/s1. The molecule has 1 aliphatic heterocycles. The summed E-state index contributed by atoms with van der Waals surface area (Å²) in [5, 5.41) is 7.01. The molecule has 0 spiro atoms. The van der Waals surface area contributed by atoms with Gasteiger partial charge in [0.15, 0.2) is 9.84 Å². The molecular weight excluding hydrogens is 410 g/mol. The number of benzene rings is 1. The van der Waals surface area contributed by atoms with Crippen LogP contribution in [0.1, 0.15) is 19.4 Å². The molecule has 3 aromatic rings. The van der Waals surface area contributed by atoms with E-state index in [9.17, 15) is 18.0 Å². The smallest absolute Gasteiger partial charge is 0.348 e. The van der Waals surface area contributed by atoms with Gasteiger partial charge in [0.25, 0.3) is 0 Å². The van der Waals surface area contributed by atoms with Gasteiger partial charge in [0.05, 0.1) is 42.1 Å². The quantitative estimate of drug-likeness (QED) is 0.617. The van der Waals surface area contributed by atoms with Gasteiger partial charge in [0, 0.05) is 5.69 Å². The number of nitrogens with zero attached hydrogens (tertiary/aromatic N) is 4. The normalized spacial score (nSPS) is 17.8. The summed E-state index contributed by atoms with van der Waals surface area (Å²) in [4.78, 5) is 28.6. The number of carbonyl (C=O) groups excluding carboxylic acids is 1. The van der Waals surface area contributed by atoms with E-state index in [1.807, 2.05) is 6.92 Å². The van der Waals surface area contributed by atoms with Crippen molar-refractivity contribution in [3.05, 3.63) is 47.1 Å². The van der Waals surface area contributed by atoms with Crippen molar-refractivity contribution >= 4 is 32.5 Å². The highest BCUT2D eigenvalue weighted by atomic mass is 32.2. The van der Waals surface area contributed by atoms with E-state index in [2.05, 4.69) is 15.4 Å². The molecule has 1 N–H and O–H groups in total. The molecule has 0 bridgehead atoms. The number of rotatable bonds is 6. The monoisotopic (exact) mass is 431 g/mol. The second kappa shape index (κ2) is 7.90. The zero-order chi connectivity index (χ0) is 21.3. The first-order valence-corrected chi connectivity index (χ1v) is 11.3. The highest BCUT2D eigenvalue weighted by Gasteiger charge is 2.31.